The van der Waals surface area contributed by atoms with Crippen LogP contribution in [-0.2, 0) is 0 Å². The fourth-order valence-electron chi connectivity index (χ4n) is 2.57. The molecule has 16 heavy (non-hydrogen) atoms. The first kappa shape index (κ1) is 14.0. The lowest BCUT2D eigenvalue weighted by atomic mass is 9.80. The second kappa shape index (κ2) is 5.05. The fourth-order valence-corrected chi connectivity index (χ4v) is 2.57. The fraction of sp³-hybridized carbons (Fsp3) is 1.00. The van der Waals surface area contributed by atoms with Crippen molar-refractivity contribution in [3.63, 3.8) is 0 Å². The number of aliphatic hydroxyl groups is 1. The van der Waals surface area contributed by atoms with Gasteiger partial charge in [0.1, 0.15) is 0 Å². The Hall–Kier alpha value is -0.0800. The lowest BCUT2D eigenvalue weighted by Crippen LogP contribution is -2.41. The summed E-state index contributed by atoms with van der Waals surface area (Å²) in [4.78, 5) is 2.45. The molecule has 0 amide bonds. The van der Waals surface area contributed by atoms with Crippen molar-refractivity contribution >= 4 is 0 Å². The maximum atomic E-state index is 10.3. The standard InChI is InChI=1S/C14H29NO/c1-6-14(16,7-2)11-15-9-8-12(10-15)13(3,4)5/h12,16H,6-11H2,1-5H3. The average Bonchev–Trinajstić information content (AvgIpc) is 2.65. The zero-order chi connectivity index (χ0) is 12.4. The predicted octanol–water partition coefficient (Wildman–Crippen LogP) is 2.91. The molecule has 1 heterocycles. The molecule has 1 atom stereocenters. The molecule has 1 fully saturated rings. The van der Waals surface area contributed by atoms with E-state index in [1.54, 1.807) is 0 Å². The SMILES string of the molecule is CCC(O)(CC)CN1CCC(C(C)(C)C)C1. The summed E-state index contributed by atoms with van der Waals surface area (Å²) in [7, 11) is 0. The molecule has 0 bridgehead atoms. The van der Waals surface area contributed by atoms with Crippen molar-refractivity contribution in [3.05, 3.63) is 0 Å². The van der Waals surface area contributed by atoms with Crippen molar-refractivity contribution in [2.24, 2.45) is 11.3 Å². The minimum atomic E-state index is -0.466. The third kappa shape index (κ3) is 3.46. The highest BCUT2D eigenvalue weighted by Gasteiger charge is 2.34. The molecule has 2 heteroatoms. The first-order valence-electron chi connectivity index (χ1n) is 6.75. The number of hydrogen-bond acceptors (Lipinski definition) is 2. The van der Waals surface area contributed by atoms with E-state index in [2.05, 4.69) is 39.5 Å². The molecule has 1 saturated heterocycles. The van der Waals surface area contributed by atoms with E-state index in [-0.39, 0.29) is 0 Å². The van der Waals surface area contributed by atoms with E-state index in [1.807, 2.05) is 0 Å². The number of rotatable bonds is 4. The third-order valence-electron chi connectivity index (χ3n) is 4.33. The number of likely N-dealkylation sites (tertiary alicyclic amines) is 1. The minimum absolute atomic E-state index is 0.408. The maximum Gasteiger partial charge on any atom is 0.0768 e. The number of β-amino-alcohol motifs (C(OH)–C–C–N with tert-alkyl or cyclic N) is 1. The smallest absolute Gasteiger partial charge is 0.0768 e. The van der Waals surface area contributed by atoms with Crippen LogP contribution in [0.2, 0.25) is 0 Å². The van der Waals surface area contributed by atoms with Crippen molar-refractivity contribution in [2.45, 2.75) is 59.5 Å². The van der Waals surface area contributed by atoms with Crippen LogP contribution in [0.3, 0.4) is 0 Å². The highest BCUT2D eigenvalue weighted by molar-refractivity contribution is 4.88. The van der Waals surface area contributed by atoms with Crippen LogP contribution < -0.4 is 0 Å². The summed E-state index contributed by atoms with van der Waals surface area (Å²) in [5.74, 6) is 0.783. The van der Waals surface area contributed by atoms with Gasteiger partial charge >= 0.3 is 0 Å². The summed E-state index contributed by atoms with van der Waals surface area (Å²) in [6.07, 6.45) is 3.01. The molecule has 2 nitrogen and oxygen atoms in total. The van der Waals surface area contributed by atoms with Crippen LogP contribution in [0.5, 0.6) is 0 Å². The molecule has 0 aromatic carbocycles. The first-order valence-corrected chi connectivity index (χ1v) is 6.75. The zero-order valence-electron chi connectivity index (χ0n) is 11.7. The number of hydrogen-bond donors (Lipinski definition) is 1. The lowest BCUT2D eigenvalue weighted by Gasteiger charge is -2.32. The largest absolute Gasteiger partial charge is 0.389 e. The van der Waals surface area contributed by atoms with Crippen LogP contribution in [-0.4, -0.2) is 35.2 Å². The topological polar surface area (TPSA) is 23.5 Å². The molecule has 1 rings (SSSR count). The van der Waals surface area contributed by atoms with Gasteiger partial charge in [-0.2, -0.15) is 0 Å². The van der Waals surface area contributed by atoms with Crippen LogP contribution in [0, 0.1) is 11.3 Å². The first-order chi connectivity index (χ1) is 7.30. The van der Waals surface area contributed by atoms with E-state index in [9.17, 15) is 5.11 Å². The average molecular weight is 227 g/mol. The molecule has 0 radical (unpaired) electrons. The van der Waals surface area contributed by atoms with Gasteiger partial charge in [-0.05, 0) is 37.1 Å². The Kier molecular flexibility index (Phi) is 4.42. The van der Waals surface area contributed by atoms with Crippen molar-refractivity contribution in [1.82, 2.24) is 4.90 Å². The lowest BCUT2D eigenvalue weighted by molar-refractivity contribution is 0.000399. The van der Waals surface area contributed by atoms with E-state index in [0.29, 0.717) is 5.41 Å². The molecule has 96 valence electrons. The summed E-state index contributed by atoms with van der Waals surface area (Å²) >= 11 is 0. The Balaban J connectivity index is 2.48. The van der Waals surface area contributed by atoms with Crippen molar-refractivity contribution in [3.8, 4) is 0 Å². The van der Waals surface area contributed by atoms with Crippen molar-refractivity contribution in [2.75, 3.05) is 19.6 Å². The summed E-state index contributed by atoms with van der Waals surface area (Å²) in [5, 5.41) is 10.3. The summed E-state index contributed by atoms with van der Waals surface area (Å²) in [6.45, 7) is 14.3. The second-order valence-electron chi connectivity index (χ2n) is 6.52. The molecular weight excluding hydrogens is 198 g/mol. The van der Waals surface area contributed by atoms with E-state index in [4.69, 9.17) is 0 Å². The Morgan fingerprint density at radius 2 is 1.75 bits per heavy atom. The van der Waals surface area contributed by atoms with Crippen LogP contribution in [0.1, 0.15) is 53.9 Å². The molecule has 1 aliphatic rings. The van der Waals surface area contributed by atoms with Gasteiger partial charge < -0.3 is 10.0 Å². The molecule has 0 spiro atoms. The molecule has 0 saturated carbocycles. The monoisotopic (exact) mass is 227 g/mol. The number of nitrogens with zero attached hydrogens (tertiary/aromatic N) is 1. The van der Waals surface area contributed by atoms with Gasteiger partial charge in [0.25, 0.3) is 0 Å². The van der Waals surface area contributed by atoms with Gasteiger partial charge in [0.15, 0.2) is 0 Å². The molecule has 1 aliphatic heterocycles. The van der Waals surface area contributed by atoms with E-state index in [1.165, 1.54) is 6.42 Å². The molecule has 0 aliphatic carbocycles. The Labute approximate surface area is 101 Å². The highest BCUT2D eigenvalue weighted by atomic mass is 16.3. The summed E-state index contributed by atoms with van der Waals surface area (Å²) in [5.41, 5.74) is -0.0575. The molecule has 1 unspecified atom stereocenters. The Bertz CT molecular complexity index is 215. The highest BCUT2D eigenvalue weighted by Crippen LogP contribution is 2.34. The zero-order valence-corrected chi connectivity index (χ0v) is 11.7. The van der Waals surface area contributed by atoms with Gasteiger partial charge in [0, 0.05) is 13.1 Å². The van der Waals surface area contributed by atoms with Gasteiger partial charge in [-0.25, -0.2) is 0 Å². The van der Waals surface area contributed by atoms with Crippen molar-refractivity contribution in [1.29, 1.82) is 0 Å². The Morgan fingerprint density at radius 3 is 2.12 bits per heavy atom. The van der Waals surface area contributed by atoms with E-state index in [0.717, 1.165) is 38.4 Å². The van der Waals surface area contributed by atoms with E-state index < -0.39 is 5.60 Å². The summed E-state index contributed by atoms with van der Waals surface area (Å²) < 4.78 is 0. The summed E-state index contributed by atoms with van der Waals surface area (Å²) in [6, 6.07) is 0. The molecular formula is C14H29NO. The van der Waals surface area contributed by atoms with Crippen LogP contribution >= 0.6 is 0 Å². The normalized spacial score (nSPS) is 24.0. The second-order valence-corrected chi connectivity index (χ2v) is 6.52. The Morgan fingerprint density at radius 1 is 1.19 bits per heavy atom. The van der Waals surface area contributed by atoms with E-state index >= 15 is 0 Å². The van der Waals surface area contributed by atoms with Gasteiger partial charge in [0.2, 0.25) is 0 Å². The maximum absolute atomic E-state index is 10.3. The van der Waals surface area contributed by atoms with Crippen LogP contribution in [0.4, 0.5) is 0 Å². The minimum Gasteiger partial charge on any atom is -0.389 e. The quantitative estimate of drug-likeness (QED) is 0.798. The molecule has 0 aromatic rings. The van der Waals surface area contributed by atoms with Crippen LogP contribution in [0.15, 0.2) is 0 Å². The van der Waals surface area contributed by atoms with Gasteiger partial charge in [0.05, 0.1) is 5.60 Å². The van der Waals surface area contributed by atoms with Gasteiger partial charge in [-0.1, -0.05) is 34.6 Å². The van der Waals surface area contributed by atoms with Crippen LogP contribution in [0.25, 0.3) is 0 Å². The third-order valence-corrected chi connectivity index (χ3v) is 4.33. The van der Waals surface area contributed by atoms with Gasteiger partial charge in [-0.15, -0.1) is 0 Å². The van der Waals surface area contributed by atoms with Crippen molar-refractivity contribution < 1.29 is 5.11 Å². The predicted molar refractivity (Wildman–Crippen MR) is 69.5 cm³/mol. The van der Waals surface area contributed by atoms with Gasteiger partial charge in [-0.3, -0.25) is 0 Å². The molecule has 0 aromatic heterocycles. The molecule has 1 N–H and O–H groups in total.